The van der Waals surface area contributed by atoms with Crippen LogP contribution in [-0.2, 0) is 0 Å². The number of pyridine rings is 3. The van der Waals surface area contributed by atoms with Crippen LogP contribution in [0.25, 0.3) is 286 Å². The summed E-state index contributed by atoms with van der Waals surface area (Å²) >= 11 is 0. The molecule has 0 amide bonds. The van der Waals surface area contributed by atoms with E-state index >= 15 is 0 Å². The maximum absolute atomic E-state index is 6.80. The third kappa shape index (κ3) is 13.7. The molecule has 0 radical (unpaired) electrons. The van der Waals surface area contributed by atoms with Crippen molar-refractivity contribution in [3.05, 3.63) is 491 Å². The summed E-state index contributed by atoms with van der Waals surface area (Å²) in [4.78, 5) is 15.4. The summed E-state index contributed by atoms with van der Waals surface area (Å²) in [5, 5.41) is 26.7. The zero-order valence-electron chi connectivity index (χ0n) is 75.3. The smallest absolute Gasteiger partial charge is 0.144 e. The number of nitrogens with zero attached hydrogens (tertiary/aromatic N) is 3. The number of para-hydroxylation sites is 3. The molecule has 23 aromatic carbocycles. The van der Waals surface area contributed by atoms with Gasteiger partial charge in [0.2, 0.25) is 0 Å². The van der Waals surface area contributed by atoms with E-state index in [1.165, 1.54) is 98.7 Å². The number of rotatable bonds is 10. The van der Waals surface area contributed by atoms with Crippen LogP contribution in [0.2, 0.25) is 0 Å². The third-order valence-corrected chi connectivity index (χ3v) is 28.1. The fraction of sp³-hybridized carbons (Fsp3) is 0. The Morgan fingerprint density at radius 2 is 0.388 bits per heavy atom. The summed E-state index contributed by atoms with van der Waals surface area (Å²) in [5.74, 6) is 0. The number of furan rings is 3. The maximum Gasteiger partial charge on any atom is 0.144 e. The Labute approximate surface area is 799 Å². The molecule has 0 unspecified atom stereocenters. The maximum atomic E-state index is 6.80. The molecule has 0 aliphatic rings. The van der Waals surface area contributed by atoms with Crippen LogP contribution in [-0.4, -0.2) is 15.0 Å². The van der Waals surface area contributed by atoms with Crippen molar-refractivity contribution >= 4 is 174 Å². The monoisotopic (exact) mass is 1770 g/mol. The molecule has 6 nitrogen and oxygen atoms in total. The fourth-order valence-corrected chi connectivity index (χ4v) is 21.7. The van der Waals surface area contributed by atoms with Gasteiger partial charge in [0.25, 0.3) is 0 Å². The molecule has 6 aromatic heterocycles. The molecule has 29 rings (SSSR count). The molecular weight excluding hydrogens is 1690 g/mol. The Morgan fingerprint density at radius 1 is 0.129 bits per heavy atom. The van der Waals surface area contributed by atoms with Gasteiger partial charge in [0.15, 0.2) is 0 Å². The molecule has 646 valence electrons. The van der Waals surface area contributed by atoms with Crippen LogP contribution in [0.5, 0.6) is 0 Å². The third-order valence-electron chi connectivity index (χ3n) is 28.1. The van der Waals surface area contributed by atoms with Gasteiger partial charge < -0.3 is 13.3 Å². The minimum atomic E-state index is 0.879. The second-order valence-corrected chi connectivity index (χ2v) is 36.0. The van der Waals surface area contributed by atoms with Crippen molar-refractivity contribution in [2.75, 3.05) is 0 Å². The first kappa shape index (κ1) is 80.2. The van der Waals surface area contributed by atoms with Crippen molar-refractivity contribution < 1.29 is 13.3 Å². The molecular formula is C133H81N3O3. The van der Waals surface area contributed by atoms with Gasteiger partial charge in [0.05, 0.1) is 33.6 Å². The van der Waals surface area contributed by atoms with Gasteiger partial charge in [-0.1, -0.05) is 406 Å². The largest absolute Gasteiger partial charge is 0.455 e. The predicted octanol–water partition coefficient (Wildman–Crippen LogP) is 37.1. The lowest BCUT2D eigenvalue weighted by molar-refractivity contribution is 0.672. The minimum Gasteiger partial charge on any atom is -0.455 e. The minimum absolute atomic E-state index is 0.879. The Bertz CT molecular complexity index is 9930. The highest BCUT2D eigenvalue weighted by Gasteiger charge is 2.26. The quantitative estimate of drug-likeness (QED) is 0.127. The Morgan fingerprint density at radius 3 is 0.755 bits per heavy atom. The molecule has 6 heterocycles. The molecule has 0 bridgehead atoms. The SMILES string of the molecule is c1ccc(-c2cc(-c3ccccc3)cc(-c3ccc(-c4cccc5oc6c(ccc7c(-c8ccccc8)nc8ccccc8c76)c45)cc3)c2)cc1.c1ccc(-c2nc3ccccc3c3c2ccc2c3oc3cccc(-c4cc5ccccc5c5ccccc45)c32)cc1.c1ccc(-c2nc3ccccc3c3c2ccc2c3oc3cccc(-c4ccc(-c5cc6ccccc6c6ccccc56)cc4)c32)cc1. The van der Waals surface area contributed by atoms with Gasteiger partial charge in [-0.05, 0) is 206 Å². The summed E-state index contributed by atoms with van der Waals surface area (Å²) in [5.41, 5.74) is 31.1. The van der Waals surface area contributed by atoms with Crippen LogP contribution in [0.1, 0.15) is 0 Å². The van der Waals surface area contributed by atoms with Crippen LogP contribution in [0.3, 0.4) is 0 Å². The van der Waals surface area contributed by atoms with E-state index in [4.69, 9.17) is 28.2 Å². The molecule has 0 atom stereocenters. The average Bonchev–Trinajstić information content (AvgIpc) is 1.61. The molecule has 0 saturated carbocycles. The number of aromatic nitrogens is 3. The van der Waals surface area contributed by atoms with Gasteiger partial charge in [-0.2, -0.15) is 0 Å². The molecule has 139 heavy (non-hydrogen) atoms. The zero-order chi connectivity index (χ0) is 91.5. The van der Waals surface area contributed by atoms with E-state index in [-0.39, 0.29) is 0 Å². The van der Waals surface area contributed by atoms with E-state index in [2.05, 4.69) is 473 Å². The normalized spacial score (nSPS) is 11.7. The van der Waals surface area contributed by atoms with Crippen molar-refractivity contribution in [2.24, 2.45) is 0 Å². The van der Waals surface area contributed by atoms with E-state index < -0.39 is 0 Å². The number of benzene rings is 23. The van der Waals surface area contributed by atoms with Crippen LogP contribution >= 0.6 is 0 Å². The molecule has 0 fully saturated rings. The average molecular weight is 1770 g/mol. The molecule has 0 aliphatic heterocycles. The Kier molecular flexibility index (Phi) is 19.2. The molecule has 0 saturated heterocycles. The number of hydrogen-bond donors (Lipinski definition) is 0. The number of hydrogen-bond acceptors (Lipinski definition) is 6. The highest BCUT2D eigenvalue weighted by molar-refractivity contribution is 6.31. The topological polar surface area (TPSA) is 78.1 Å². The summed E-state index contributed by atoms with van der Waals surface area (Å²) in [6.07, 6.45) is 0. The standard InChI is InChI=1S/C49H31NO.C45H27NO.C39H23NO/c1-4-13-32(14-5-1)37-29-38(33-15-6-2-7-16-33)31-39(30-37)34-23-25-35(26-24-34)40-20-12-22-45-46(40)43-28-27-42-47(49(43)51-45)41-19-10-11-21-44(41)50-48(42)36-17-8-3-9-18-36;1-2-11-30(12-3-1)44-37-25-26-38-42-33(18-10-20-41(42)47-45(38)43(37)36-17-8-9-19-40(36)46-44)28-21-23-29(24-22-28)39-27-31-13-4-5-14-32(31)34-15-6-7-16-35(34)39;1-2-11-24(12-3-1)38-31-21-22-32-36-29(33-23-25-13-4-5-14-26(25)27-15-6-7-16-28(27)33)18-10-20-35(36)41-39(32)37(31)30-17-8-9-19-34(30)40-38/h1-31H;1-27H;1-23H. The van der Waals surface area contributed by atoms with Crippen molar-refractivity contribution in [1.29, 1.82) is 0 Å². The van der Waals surface area contributed by atoms with Gasteiger partial charge in [-0.3, -0.25) is 0 Å². The first-order valence-electron chi connectivity index (χ1n) is 47.4. The first-order valence-corrected chi connectivity index (χ1v) is 47.4. The fourth-order valence-electron chi connectivity index (χ4n) is 21.7. The lowest BCUT2D eigenvalue weighted by Gasteiger charge is -2.12. The van der Waals surface area contributed by atoms with Gasteiger partial charge >= 0.3 is 0 Å². The number of fused-ring (bicyclic) bond motifs is 27. The van der Waals surface area contributed by atoms with Gasteiger partial charge in [0.1, 0.15) is 33.5 Å². The summed E-state index contributed by atoms with van der Waals surface area (Å²) in [6, 6.07) is 175. The summed E-state index contributed by atoms with van der Waals surface area (Å²) in [7, 11) is 0. The van der Waals surface area contributed by atoms with Gasteiger partial charge in [-0.15, -0.1) is 0 Å². The highest BCUT2D eigenvalue weighted by Crippen LogP contribution is 2.51. The van der Waals surface area contributed by atoms with Crippen LogP contribution in [0.15, 0.2) is 505 Å². The molecule has 0 spiro atoms. The predicted molar refractivity (Wildman–Crippen MR) is 584 cm³/mol. The molecule has 0 aliphatic carbocycles. The first-order chi connectivity index (χ1) is 68.9. The van der Waals surface area contributed by atoms with E-state index in [9.17, 15) is 0 Å². The van der Waals surface area contributed by atoms with E-state index in [0.717, 1.165) is 187 Å². The molecule has 29 aromatic rings. The molecule has 6 heteroatoms. The van der Waals surface area contributed by atoms with E-state index in [1.807, 2.05) is 18.2 Å². The molecule has 0 N–H and O–H groups in total. The zero-order valence-corrected chi connectivity index (χ0v) is 75.3. The Hall–Kier alpha value is -18.5. The Balaban J connectivity index is 0.000000106. The lowest BCUT2D eigenvalue weighted by atomic mass is 9.90. The van der Waals surface area contributed by atoms with Crippen molar-refractivity contribution in [3.8, 4) is 112 Å². The summed E-state index contributed by atoms with van der Waals surface area (Å²) < 4.78 is 20.4. The van der Waals surface area contributed by atoms with Crippen molar-refractivity contribution in [1.82, 2.24) is 15.0 Å². The second kappa shape index (κ2) is 33.3. The lowest BCUT2D eigenvalue weighted by Crippen LogP contribution is -1.90. The van der Waals surface area contributed by atoms with E-state index in [0.29, 0.717) is 0 Å². The van der Waals surface area contributed by atoms with Crippen molar-refractivity contribution in [2.45, 2.75) is 0 Å². The van der Waals surface area contributed by atoms with Gasteiger partial charge in [-0.25, -0.2) is 15.0 Å². The van der Waals surface area contributed by atoms with E-state index in [1.54, 1.807) is 0 Å². The van der Waals surface area contributed by atoms with Crippen LogP contribution < -0.4 is 0 Å². The van der Waals surface area contributed by atoms with Crippen molar-refractivity contribution in [3.63, 3.8) is 0 Å². The highest BCUT2D eigenvalue weighted by atomic mass is 16.3. The second-order valence-electron chi connectivity index (χ2n) is 36.0. The van der Waals surface area contributed by atoms with Crippen LogP contribution in [0.4, 0.5) is 0 Å². The van der Waals surface area contributed by atoms with Gasteiger partial charge in [0, 0.05) is 97.5 Å². The summed E-state index contributed by atoms with van der Waals surface area (Å²) in [6.45, 7) is 0. The van der Waals surface area contributed by atoms with Crippen LogP contribution in [0, 0.1) is 0 Å².